The van der Waals surface area contributed by atoms with Crippen LogP contribution < -0.4 is 10.1 Å². The number of carbonyl (C=O) groups excluding carboxylic acids is 1. The molecule has 1 N–H and O–H groups in total. The minimum Gasteiger partial charge on any atom is -0.497 e. The number of nitrogens with one attached hydrogen (secondary N) is 1. The van der Waals surface area contributed by atoms with Crippen molar-refractivity contribution in [1.29, 1.82) is 0 Å². The summed E-state index contributed by atoms with van der Waals surface area (Å²) >= 11 is 13.5. The molecule has 0 saturated carbocycles. The zero-order chi connectivity index (χ0) is 21.3. The van der Waals surface area contributed by atoms with Crippen molar-refractivity contribution in [2.75, 3.05) is 7.11 Å². The summed E-state index contributed by atoms with van der Waals surface area (Å²) in [6, 6.07) is 16.9. The number of aryl methyl sites for hydroxylation is 1. The number of benzene rings is 2. The lowest BCUT2D eigenvalue weighted by Gasteiger charge is -2.10. The fourth-order valence-electron chi connectivity index (χ4n) is 3.06. The Hall–Kier alpha value is -2.67. The van der Waals surface area contributed by atoms with Crippen LogP contribution in [0.3, 0.4) is 0 Å². The van der Waals surface area contributed by atoms with E-state index in [4.69, 9.17) is 27.9 Å². The van der Waals surface area contributed by atoms with Crippen molar-refractivity contribution in [1.82, 2.24) is 9.88 Å². The molecule has 5 nitrogen and oxygen atoms in total. The predicted molar refractivity (Wildman–Crippen MR) is 124 cm³/mol. The number of ether oxygens (including phenoxy) is 1. The molecule has 2 aromatic carbocycles. The lowest BCUT2D eigenvalue weighted by atomic mass is 10.2. The second kappa shape index (κ2) is 8.60. The van der Waals surface area contributed by atoms with Crippen LogP contribution in [0.25, 0.3) is 11.8 Å². The van der Waals surface area contributed by atoms with Gasteiger partial charge in [0.05, 0.1) is 27.7 Å². The number of amides is 1. The lowest BCUT2D eigenvalue weighted by molar-refractivity contribution is -0.115. The quantitative estimate of drug-likeness (QED) is 0.489. The minimum atomic E-state index is -0.211. The van der Waals surface area contributed by atoms with Gasteiger partial charge in [0.2, 0.25) is 0 Å². The van der Waals surface area contributed by atoms with Gasteiger partial charge in [0.15, 0.2) is 5.17 Å². The molecule has 0 unspecified atom stereocenters. The van der Waals surface area contributed by atoms with Gasteiger partial charge in [-0.1, -0.05) is 29.3 Å². The van der Waals surface area contributed by atoms with Gasteiger partial charge in [0, 0.05) is 17.1 Å². The normalized spacial score (nSPS) is 16.3. The predicted octanol–water partition coefficient (Wildman–Crippen LogP) is 5.99. The van der Waals surface area contributed by atoms with E-state index >= 15 is 0 Å². The first-order valence-corrected chi connectivity index (χ1v) is 10.6. The van der Waals surface area contributed by atoms with Gasteiger partial charge < -0.3 is 14.6 Å². The topological polar surface area (TPSA) is 55.6 Å². The van der Waals surface area contributed by atoms with Crippen LogP contribution in [-0.2, 0) is 4.79 Å². The summed E-state index contributed by atoms with van der Waals surface area (Å²) in [5.41, 5.74) is 3.42. The van der Waals surface area contributed by atoms with Crippen LogP contribution in [0, 0.1) is 6.92 Å². The fourth-order valence-corrected chi connectivity index (χ4v) is 4.22. The van der Waals surface area contributed by atoms with Crippen molar-refractivity contribution in [3.05, 3.63) is 80.9 Å². The molecule has 1 fully saturated rings. The van der Waals surface area contributed by atoms with E-state index in [0.717, 1.165) is 22.8 Å². The molecule has 0 spiro atoms. The molecule has 0 bridgehead atoms. The van der Waals surface area contributed by atoms with E-state index in [-0.39, 0.29) is 5.91 Å². The van der Waals surface area contributed by atoms with Crippen molar-refractivity contribution in [2.24, 2.45) is 4.99 Å². The molecule has 2 heterocycles. The summed E-state index contributed by atoms with van der Waals surface area (Å²) in [6.07, 6.45) is 1.85. The molecule has 0 radical (unpaired) electrons. The second-order valence-electron chi connectivity index (χ2n) is 6.49. The van der Waals surface area contributed by atoms with E-state index < -0.39 is 0 Å². The Bertz CT molecular complexity index is 1180. The zero-order valence-corrected chi connectivity index (χ0v) is 18.5. The Morgan fingerprint density at radius 3 is 2.60 bits per heavy atom. The van der Waals surface area contributed by atoms with Crippen molar-refractivity contribution >= 4 is 57.8 Å². The molecular formula is C22H17Cl2N3O2S. The van der Waals surface area contributed by atoms with Crippen LogP contribution in [0.4, 0.5) is 5.69 Å². The summed E-state index contributed by atoms with van der Waals surface area (Å²) < 4.78 is 7.31. The molecule has 4 rings (SSSR count). The molecule has 0 aliphatic carbocycles. The van der Waals surface area contributed by atoms with E-state index in [0.29, 0.717) is 25.8 Å². The maximum Gasteiger partial charge on any atom is 0.264 e. The molecule has 0 atom stereocenters. The van der Waals surface area contributed by atoms with Crippen LogP contribution in [0.5, 0.6) is 5.75 Å². The minimum absolute atomic E-state index is 0.211. The van der Waals surface area contributed by atoms with Gasteiger partial charge in [-0.2, -0.15) is 0 Å². The number of carbonyl (C=O) groups is 1. The summed E-state index contributed by atoms with van der Waals surface area (Å²) in [5.74, 6) is 0.576. The highest BCUT2D eigenvalue weighted by Crippen LogP contribution is 2.35. The number of rotatable bonds is 4. The van der Waals surface area contributed by atoms with E-state index in [1.165, 1.54) is 11.8 Å². The van der Waals surface area contributed by atoms with Crippen LogP contribution in [0.2, 0.25) is 10.0 Å². The molecule has 8 heteroatoms. The van der Waals surface area contributed by atoms with Crippen LogP contribution >= 0.6 is 35.0 Å². The molecule has 1 aliphatic rings. The Kier molecular flexibility index (Phi) is 5.90. The van der Waals surface area contributed by atoms with Crippen LogP contribution in [0.1, 0.15) is 11.4 Å². The van der Waals surface area contributed by atoms with Crippen molar-refractivity contribution in [3.63, 3.8) is 0 Å². The molecule has 1 aliphatic heterocycles. The van der Waals surface area contributed by atoms with Crippen LogP contribution in [-0.4, -0.2) is 22.8 Å². The highest BCUT2D eigenvalue weighted by Gasteiger charge is 2.25. The monoisotopic (exact) mass is 457 g/mol. The Morgan fingerprint density at radius 1 is 1.10 bits per heavy atom. The molecule has 152 valence electrons. The van der Waals surface area contributed by atoms with Gasteiger partial charge in [-0.05, 0) is 73.3 Å². The summed E-state index contributed by atoms with van der Waals surface area (Å²) in [5, 5.41) is 4.00. The van der Waals surface area contributed by atoms with Crippen molar-refractivity contribution in [3.8, 4) is 11.4 Å². The average molecular weight is 458 g/mol. The molecule has 3 aromatic rings. The number of methoxy groups -OCH3 is 1. The van der Waals surface area contributed by atoms with Crippen LogP contribution in [0.15, 0.2) is 64.5 Å². The van der Waals surface area contributed by atoms with Gasteiger partial charge in [0.25, 0.3) is 5.91 Å². The molecule has 1 aromatic heterocycles. The Labute approximate surface area is 188 Å². The first kappa shape index (κ1) is 20.6. The van der Waals surface area contributed by atoms with E-state index in [9.17, 15) is 4.79 Å². The van der Waals surface area contributed by atoms with Crippen molar-refractivity contribution in [2.45, 2.75) is 6.92 Å². The fraction of sp³-hybridized carbons (Fsp3) is 0.0909. The van der Waals surface area contributed by atoms with E-state index in [1.807, 2.05) is 49.4 Å². The Balaban J connectivity index is 1.65. The number of halogens is 2. The molecule has 30 heavy (non-hydrogen) atoms. The standard InChI is InChI=1S/C22H17Cl2N3O2S/c1-13-6-7-15(27(13)14-8-10-16(29-2)11-9-14)12-19-21(28)26-22(30-19)25-18-5-3-4-17(23)20(18)24/h3-12H,1-2H3,(H,25,26,28)/b19-12-. The Morgan fingerprint density at radius 2 is 1.87 bits per heavy atom. The number of aromatic nitrogens is 1. The van der Waals surface area contributed by atoms with Gasteiger partial charge >= 0.3 is 0 Å². The van der Waals surface area contributed by atoms with Gasteiger partial charge in [-0.25, -0.2) is 4.99 Å². The first-order chi connectivity index (χ1) is 14.5. The maximum absolute atomic E-state index is 12.5. The highest BCUT2D eigenvalue weighted by atomic mass is 35.5. The first-order valence-electron chi connectivity index (χ1n) is 9.02. The summed E-state index contributed by atoms with van der Waals surface area (Å²) in [7, 11) is 1.64. The number of hydrogen-bond donors (Lipinski definition) is 1. The molecule has 1 amide bonds. The largest absolute Gasteiger partial charge is 0.497 e. The number of hydrogen-bond acceptors (Lipinski definition) is 4. The lowest BCUT2D eigenvalue weighted by Crippen LogP contribution is -2.19. The SMILES string of the molecule is COc1ccc(-n2c(C)ccc2/C=C2\SC(=Nc3cccc(Cl)c3Cl)NC2=O)cc1. The second-order valence-corrected chi connectivity index (χ2v) is 8.30. The number of thioether (sulfide) groups is 1. The maximum atomic E-state index is 12.5. The van der Waals surface area contributed by atoms with Gasteiger partial charge in [-0.3, -0.25) is 4.79 Å². The van der Waals surface area contributed by atoms with Gasteiger partial charge in [0.1, 0.15) is 5.75 Å². The van der Waals surface area contributed by atoms with Crippen molar-refractivity contribution < 1.29 is 9.53 Å². The summed E-state index contributed by atoms with van der Waals surface area (Å²) in [4.78, 5) is 17.5. The smallest absolute Gasteiger partial charge is 0.264 e. The number of amidine groups is 1. The number of nitrogens with zero attached hydrogens (tertiary/aromatic N) is 2. The third-order valence-corrected chi connectivity index (χ3v) is 6.24. The van der Waals surface area contributed by atoms with E-state index in [2.05, 4.69) is 14.9 Å². The summed E-state index contributed by atoms with van der Waals surface area (Å²) in [6.45, 7) is 2.02. The zero-order valence-electron chi connectivity index (χ0n) is 16.1. The third kappa shape index (κ3) is 4.12. The molecule has 1 saturated heterocycles. The average Bonchev–Trinajstić information content (AvgIpc) is 3.27. The third-order valence-electron chi connectivity index (χ3n) is 4.52. The number of aliphatic imine (C=N–C) groups is 1. The van der Waals surface area contributed by atoms with Gasteiger partial charge in [-0.15, -0.1) is 0 Å². The van der Waals surface area contributed by atoms with E-state index in [1.54, 1.807) is 25.3 Å². The molecular weight excluding hydrogens is 441 g/mol. The highest BCUT2D eigenvalue weighted by molar-refractivity contribution is 8.18.